The van der Waals surface area contributed by atoms with Gasteiger partial charge in [0.1, 0.15) is 5.56 Å². The highest BCUT2D eigenvalue weighted by molar-refractivity contribution is 7.92. The number of nitrogen functional groups attached to an aromatic ring is 1. The molecule has 13 heteroatoms. The maximum Gasteiger partial charge on any atom is 0.259 e. The molecule has 2 saturated carbocycles. The van der Waals surface area contributed by atoms with Gasteiger partial charge in [-0.05, 0) is 94.9 Å². The van der Waals surface area contributed by atoms with E-state index in [2.05, 4.69) is 15.1 Å². The van der Waals surface area contributed by atoms with Gasteiger partial charge in [-0.3, -0.25) is 14.3 Å². The standard InChI is InChI=1S/C30H39N7O5S/c1-16(17-5-6-17)36-15-19-13-18(14-23(24(19)29(36)39)35-43(4,41)42)22-11-12-37-27(33-22)25(26(31)34-37)28(38)32-21-9-7-20(8-10-21)30(2,3)40/h11-14,16-17,20-21,35,40H,5-10,15H2,1-4H3,(H2,31,34)(H,32,38)/t16?,20-,21-. The Morgan fingerprint density at radius 1 is 1.16 bits per heavy atom. The second-order valence-electron chi connectivity index (χ2n) is 13.0. The number of aromatic nitrogens is 3. The van der Waals surface area contributed by atoms with Crippen LogP contribution in [0.3, 0.4) is 0 Å². The van der Waals surface area contributed by atoms with Crippen LogP contribution in [-0.2, 0) is 16.6 Å². The molecule has 0 radical (unpaired) electrons. The van der Waals surface area contributed by atoms with Crippen molar-refractivity contribution in [3.05, 3.63) is 41.1 Å². The van der Waals surface area contributed by atoms with Crippen molar-refractivity contribution in [3.8, 4) is 11.3 Å². The summed E-state index contributed by atoms with van der Waals surface area (Å²) in [5, 5.41) is 17.7. The Balaban J connectivity index is 1.32. The van der Waals surface area contributed by atoms with Gasteiger partial charge in [-0.2, -0.15) is 0 Å². The first-order valence-corrected chi connectivity index (χ1v) is 16.7. The lowest BCUT2D eigenvalue weighted by Crippen LogP contribution is -2.41. The molecular formula is C30H39N7O5S. The van der Waals surface area contributed by atoms with Crippen LogP contribution in [0.1, 0.15) is 85.6 Å². The van der Waals surface area contributed by atoms with E-state index in [9.17, 15) is 23.1 Å². The number of anilines is 2. The fourth-order valence-electron chi connectivity index (χ4n) is 6.60. The number of sulfonamides is 1. The number of nitrogens with two attached hydrogens (primary N) is 1. The molecule has 1 aromatic carbocycles. The molecule has 6 rings (SSSR count). The highest BCUT2D eigenvalue weighted by atomic mass is 32.2. The van der Waals surface area contributed by atoms with Gasteiger partial charge in [-0.1, -0.05) is 0 Å². The van der Waals surface area contributed by atoms with Crippen molar-refractivity contribution >= 4 is 39.0 Å². The third-order valence-electron chi connectivity index (χ3n) is 9.22. The van der Waals surface area contributed by atoms with Crippen molar-refractivity contribution in [3.63, 3.8) is 0 Å². The van der Waals surface area contributed by atoms with Crippen molar-refractivity contribution in [2.24, 2.45) is 11.8 Å². The third kappa shape index (κ3) is 5.79. The molecule has 2 aromatic heterocycles. The van der Waals surface area contributed by atoms with E-state index in [0.29, 0.717) is 29.3 Å². The van der Waals surface area contributed by atoms with Crippen LogP contribution >= 0.6 is 0 Å². The first kappa shape index (κ1) is 29.4. The highest BCUT2D eigenvalue weighted by Gasteiger charge is 2.40. The molecule has 2 fully saturated rings. The number of carbonyl (C=O) groups is 2. The average Bonchev–Trinajstić information content (AvgIpc) is 3.64. The minimum Gasteiger partial charge on any atom is -0.390 e. The minimum absolute atomic E-state index is 0.0519. The first-order valence-electron chi connectivity index (χ1n) is 14.8. The summed E-state index contributed by atoms with van der Waals surface area (Å²) in [5.41, 5.74) is 8.24. The van der Waals surface area contributed by atoms with E-state index in [1.54, 1.807) is 18.3 Å². The molecule has 230 valence electrons. The Hall–Kier alpha value is -3.71. The summed E-state index contributed by atoms with van der Waals surface area (Å²) in [4.78, 5) is 33.4. The molecule has 0 saturated heterocycles. The molecule has 2 aliphatic carbocycles. The number of aliphatic hydroxyl groups is 1. The molecular weight excluding hydrogens is 570 g/mol. The number of fused-ring (bicyclic) bond motifs is 2. The van der Waals surface area contributed by atoms with Gasteiger partial charge in [0.25, 0.3) is 11.8 Å². The predicted molar refractivity (Wildman–Crippen MR) is 163 cm³/mol. The summed E-state index contributed by atoms with van der Waals surface area (Å²) in [7, 11) is -3.68. The number of carbonyl (C=O) groups excluding carboxylic acids is 2. The van der Waals surface area contributed by atoms with E-state index in [0.717, 1.165) is 50.3 Å². The van der Waals surface area contributed by atoms with Crippen LogP contribution in [0, 0.1) is 11.8 Å². The summed E-state index contributed by atoms with van der Waals surface area (Å²) < 4.78 is 28.5. The Labute approximate surface area is 251 Å². The number of benzene rings is 1. The lowest BCUT2D eigenvalue weighted by molar-refractivity contribution is -0.00257. The molecule has 1 aliphatic heterocycles. The number of nitrogens with one attached hydrogen (secondary N) is 2. The lowest BCUT2D eigenvalue weighted by atomic mass is 9.77. The largest absolute Gasteiger partial charge is 0.390 e. The van der Waals surface area contributed by atoms with Crippen molar-refractivity contribution in [1.82, 2.24) is 24.8 Å². The third-order valence-corrected chi connectivity index (χ3v) is 9.81. The Morgan fingerprint density at radius 3 is 2.49 bits per heavy atom. The van der Waals surface area contributed by atoms with Gasteiger partial charge in [0.2, 0.25) is 10.0 Å². The van der Waals surface area contributed by atoms with Crippen molar-refractivity contribution < 1.29 is 23.1 Å². The summed E-state index contributed by atoms with van der Waals surface area (Å²) in [6, 6.07) is 5.20. The zero-order chi connectivity index (χ0) is 30.8. The van der Waals surface area contributed by atoms with Gasteiger partial charge < -0.3 is 21.1 Å². The molecule has 12 nitrogen and oxygen atoms in total. The molecule has 1 unspecified atom stereocenters. The predicted octanol–water partition coefficient (Wildman–Crippen LogP) is 3.16. The van der Waals surface area contributed by atoms with Crippen LogP contribution in [-0.4, -0.2) is 68.8 Å². The number of rotatable bonds is 8. The van der Waals surface area contributed by atoms with E-state index in [1.165, 1.54) is 4.52 Å². The molecule has 3 aliphatic rings. The Morgan fingerprint density at radius 2 is 1.86 bits per heavy atom. The molecule has 0 spiro atoms. The molecule has 5 N–H and O–H groups in total. The van der Waals surface area contributed by atoms with Gasteiger partial charge in [-0.25, -0.2) is 17.9 Å². The second-order valence-corrected chi connectivity index (χ2v) is 14.7. The van der Waals surface area contributed by atoms with E-state index in [-0.39, 0.29) is 52.5 Å². The number of amides is 2. The molecule has 2 amide bonds. The summed E-state index contributed by atoms with van der Waals surface area (Å²) >= 11 is 0. The van der Waals surface area contributed by atoms with Crippen LogP contribution in [0.25, 0.3) is 16.9 Å². The summed E-state index contributed by atoms with van der Waals surface area (Å²) in [5.74, 6) is 0.139. The Bertz CT molecular complexity index is 1720. The monoisotopic (exact) mass is 609 g/mol. The lowest BCUT2D eigenvalue weighted by Gasteiger charge is -2.36. The molecule has 3 aromatic rings. The fraction of sp³-hybridized carbons (Fsp3) is 0.533. The molecule has 0 bridgehead atoms. The zero-order valence-corrected chi connectivity index (χ0v) is 25.7. The van der Waals surface area contributed by atoms with Gasteiger partial charge in [0.15, 0.2) is 11.5 Å². The minimum atomic E-state index is -3.68. The van der Waals surface area contributed by atoms with Gasteiger partial charge >= 0.3 is 0 Å². The summed E-state index contributed by atoms with van der Waals surface area (Å²) in [6.45, 7) is 6.06. The molecule has 3 heterocycles. The van der Waals surface area contributed by atoms with E-state index >= 15 is 0 Å². The average molecular weight is 610 g/mol. The highest BCUT2D eigenvalue weighted by Crippen LogP contribution is 2.41. The first-order chi connectivity index (χ1) is 20.2. The van der Waals surface area contributed by atoms with Crippen LogP contribution in [0.4, 0.5) is 11.5 Å². The number of hydrogen-bond donors (Lipinski definition) is 4. The summed E-state index contributed by atoms with van der Waals surface area (Å²) in [6.07, 6.45) is 7.98. The van der Waals surface area contributed by atoms with Gasteiger partial charge in [-0.15, -0.1) is 5.10 Å². The van der Waals surface area contributed by atoms with Crippen molar-refractivity contribution in [2.45, 2.75) is 83.5 Å². The van der Waals surface area contributed by atoms with Gasteiger partial charge in [0, 0.05) is 30.4 Å². The van der Waals surface area contributed by atoms with E-state index < -0.39 is 15.6 Å². The van der Waals surface area contributed by atoms with E-state index in [1.807, 2.05) is 31.7 Å². The van der Waals surface area contributed by atoms with Crippen LogP contribution in [0.15, 0.2) is 24.4 Å². The van der Waals surface area contributed by atoms with Gasteiger partial charge in [0.05, 0.1) is 28.8 Å². The molecule has 43 heavy (non-hydrogen) atoms. The Kier molecular flexibility index (Phi) is 7.15. The molecule has 1 atom stereocenters. The van der Waals surface area contributed by atoms with Crippen LogP contribution < -0.4 is 15.8 Å². The SMILES string of the molecule is CC(C1CC1)N1Cc2cc(-c3ccn4nc(N)c(C(=O)N[C@H]5CC[C@H](C(C)(C)O)CC5)c4n3)cc(NS(C)(=O)=O)c2C1=O. The van der Waals surface area contributed by atoms with Crippen molar-refractivity contribution in [1.29, 1.82) is 0 Å². The number of hydrogen-bond acceptors (Lipinski definition) is 8. The van der Waals surface area contributed by atoms with Crippen LogP contribution in [0.2, 0.25) is 0 Å². The number of nitrogens with zero attached hydrogens (tertiary/aromatic N) is 4. The quantitative estimate of drug-likeness (QED) is 0.302. The maximum atomic E-state index is 13.4. The smallest absolute Gasteiger partial charge is 0.259 e. The fourth-order valence-corrected chi connectivity index (χ4v) is 7.16. The maximum absolute atomic E-state index is 13.4. The zero-order valence-electron chi connectivity index (χ0n) is 24.9. The normalized spacial score (nSPS) is 21.6. The topological polar surface area (TPSA) is 172 Å². The second kappa shape index (κ2) is 10.5. The van der Waals surface area contributed by atoms with Crippen molar-refractivity contribution in [2.75, 3.05) is 16.7 Å². The van der Waals surface area contributed by atoms with Crippen LogP contribution in [0.5, 0.6) is 0 Å². The van der Waals surface area contributed by atoms with E-state index in [4.69, 9.17) is 10.7 Å².